The van der Waals surface area contributed by atoms with Gasteiger partial charge in [0.25, 0.3) is 0 Å². The summed E-state index contributed by atoms with van der Waals surface area (Å²) in [4.78, 5) is 0. The maximum atomic E-state index is 12.7. The highest BCUT2D eigenvalue weighted by Crippen LogP contribution is 2.34. The average Bonchev–Trinajstić information content (AvgIpc) is 2.58. The minimum atomic E-state index is -4.48. The van der Waals surface area contributed by atoms with Crippen LogP contribution in [-0.2, 0) is 12.7 Å². The molecule has 0 aromatic carbocycles. The molecule has 0 aliphatic carbocycles. The van der Waals surface area contributed by atoms with E-state index in [-0.39, 0.29) is 5.69 Å². The quantitative estimate of drug-likeness (QED) is 0.854. The average molecular weight is 262 g/mol. The topological polar surface area (TPSA) is 55.9 Å². The van der Waals surface area contributed by atoms with Crippen LogP contribution >= 0.6 is 0 Å². The van der Waals surface area contributed by atoms with E-state index in [9.17, 15) is 13.2 Å². The normalized spacial score (nSPS) is 18.2. The number of nitrogens with zero attached hydrogens (tertiary/aromatic N) is 2. The van der Waals surface area contributed by atoms with Crippen LogP contribution in [0.1, 0.15) is 24.2 Å². The summed E-state index contributed by atoms with van der Waals surface area (Å²) in [6, 6.07) is 0. The number of nitrogens with two attached hydrogens (primary N) is 1. The first-order valence-corrected chi connectivity index (χ1v) is 6.00. The van der Waals surface area contributed by atoms with E-state index >= 15 is 0 Å². The van der Waals surface area contributed by atoms with Crippen molar-refractivity contribution in [1.82, 2.24) is 15.1 Å². The lowest BCUT2D eigenvalue weighted by molar-refractivity contribution is -0.140. The van der Waals surface area contributed by atoms with Gasteiger partial charge in [-0.2, -0.15) is 18.3 Å². The Bertz CT molecular complexity index is 419. The van der Waals surface area contributed by atoms with Crippen LogP contribution in [0.25, 0.3) is 0 Å². The van der Waals surface area contributed by atoms with E-state index in [2.05, 4.69) is 10.4 Å². The van der Waals surface area contributed by atoms with Gasteiger partial charge in [0, 0.05) is 6.54 Å². The molecule has 4 nitrogen and oxygen atoms in total. The molecular weight excluding hydrogens is 245 g/mol. The Labute approximate surface area is 103 Å². The van der Waals surface area contributed by atoms with E-state index in [0.29, 0.717) is 18.2 Å². The van der Waals surface area contributed by atoms with Gasteiger partial charge in [-0.1, -0.05) is 0 Å². The molecule has 0 radical (unpaired) electrons. The molecule has 2 heterocycles. The minimum Gasteiger partial charge on any atom is -0.395 e. The zero-order chi connectivity index (χ0) is 13.3. The van der Waals surface area contributed by atoms with Gasteiger partial charge in [0.1, 0.15) is 0 Å². The summed E-state index contributed by atoms with van der Waals surface area (Å²) in [5.41, 5.74) is 4.67. The van der Waals surface area contributed by atoms with E-state index in [0.717, 1.165) is 25.9 Å². The molecule has 0 spiro atoms. The molecule has 1 saturated heterocycles. The zero-order valence-corrected chi connectivity index (χ0v) is 10.2. The molecule has 1 fully saturated rings. The van der Waals surface area contributed by atoms with Gasteiger partial charge in [0.05, 0.1) is 11.4 Å². The van der Waals surface area contributed by atoms with E-state index < -0.39 is 11.9 Å². The van der Waals surface area contributed by atoms with E-state index in [1.54, 1.807) is 6.92 Å². The second kappa shape index (κ2) is 4.79. The summed E-state index contributed by atoms with van der Waals surface area (Å²) in [5, 5.41) is 6.84. The predicted octanol–water partition coefficient (Wildman–Crippen LogP) is 1.79. The fraction of sp³-hybridized carbons (Fsp3) is 0.727. The predicted molar refractivity (Wildman–Crippen MR) is 62.0 cm³/mol. The van der Waals surface area contributed by atoms with Gasteiger partial charge in [-0.3, -0.25) is 4.68 Å². The van der Waals surface area contributed by atoms with Crippen molar-refractivity contribution in [3.05, 3.63) is 11.4 Å². The SMILES string of the molecule is Cc1c(N)c(C(F)(F)F)nn1CC1CCNCC1. The molecule has 3 N–H and O–H groups in total. The molecule has 7 heteroatoms. The van der Waals surface area contributed by atoms with Crippen molar-refractivity contribution >= 4 is 5.69 Å². The van der Waals surface area contributed by atoms with Crippen molar-refractivity contribution in [2.75, 3.05) is 18.8 Å². The second-order valence-electron chi connectivity index (χ2n) is 4.72. The van der Waals surface area contributed by atoms with Gasteiger partial charge >= 0.3 is 6.18 Å². The number of aromatic nitrogens is 2. The van der Waals surface area contributed by atoms with Crippen LogP contribution in [0.5, 0.6) is 0 Å². The molecule has 1 aromatic heterocycles. The highest BCUT2D eigenvalue weighted by molar-refractivity contribution is 5.49. The van der Waals surface area contributed by atoms with Crippen molar-refractivity contribution < 1.29 is 13.2 Å². The van der Waals surface area contributed by atoms with Crippen molar-refractivity contribution in [2.45, 2.75) is 32.5 Å². The van der Waals surface area contributed by atoms with Crippen LogP contribution in [0, 0.1) is 12.8 Å². The maximum absolute atomic E-state index is 12.7. The lowest BCUT2D eigenvalue weighted by Gasteiger charge is -2.22. The fourth-order valence-corrected chi connectivity index (χ4v) is 2.26. The Kier molecular flexibility index (Phi) is 3.52. The molecule has 0 bridgehead atoms. The Morgan fingerprint density at radius 1 is 1.39 bits per heavy atom. The lowest BCUT2D eigenvalue weighted by atomic mass is 9.98. The molecule has 102 valence electrons. The highest BCUT2D eigenvalue weighted by atomic mass is 19.4. The number of nitrogens with one attached hydrogen (secondary N) is 1. The molecule has 18 heavy (non-hydrogen) atoms. The van der Waals surface area contributed by atoms with Crippen LogP contribution in [0.3, 0.4) is 0 Å². The molecule has 0 unspecified atom stereocenters. The van der Waals surface area contributed by atoms with Gasteiger partial charge in [-0.15, -0.1) is 0 Å². The monoisotopic (exact) mass is 262 g/mol. The van der Waals surface area contributed by atoms with Gasteiger partial charge < -0.3 is 11.1 Å². The Morgan fingerprint density at radius 3 is 2.50 bits per heavy atom. The van der Waals surface area contributed by atoms with Gasteiger partial charge in [0.15, 0.2) is 5.69 Å². The van der Waals surface area contributed by atoms with Crippen molar-refractivity contribution in [3.8, 4) is 0 Å². The number of halogens is 3. The summed E-state index contributed by atoms with van der Waals surface area (Å²) in [6.45, 7) is 3.91. The smallest absolute Gasteiger partial charge is 0.395 e. The largest absolute Gasteiger partial charge is 0.437 e. The van der Waals surface area contributed by atoms with Crippen molar-refractivity contribution in [1.29, 1.82) is 0 Å². The molecular formula is C11H17F3N4. The maximum Gasteiger partial charge on any atom is 0.437 e. The molecule has 2 rings (SSSR count). The molecule has 1 aromatic rings. The standard InChI is InChI=1S/C11H17F3N4/c1-7-9(15)10(11(12,13)14)17-18(7)6-8-2-4-16-5-3-8/h8,16H,2-6,15H2,1H3. The Hall–Kier alpha value is -1.24. The van der Waals surface area contributed by atoms with Crippen LogP contribution in [0.15, 0.2) is 0 Å². The number of alkyl halides is 3. The summed E-state index contributed by atoms with van der Waals surface area (Å²) >= 11 is 0. The molecule has 0 atom stereocenters. The van der Waals surface area contributed by atoms with Crippen LogP contribution < -0.4 is 11.1 Å². The van der Waals surface area contributed by atoms with E-state index in [4.69, 9.17) is 5.73 Å². The first-order chi connectivity index (χ1) is 8.39. The Morgan fingerprint density at radius 2 is 2.00 bits per heavy atom. The first-order valence-electron chi connectivity index (χ1n) is 6.00. The molecule has 1 aliphatic heterocycles. The van der Waals surface area contributed by atoms with Crippen LogP contribution in [-0.4, -0.2) is 22.9 Å². The molecule has 1 aliphatic rings. The summed E-state index contributed by atoms with van der Waals surface area (Å²) in [5.74, 6) is 0.366. The number of hydrogen-bond donors (Lipinski definition) is 2. The van der Waals surface area contributed by atoms with Gasteiger partial charge in [-0.05, 0) is 38.8 Å². The second-order valence-corrected chi connectivity index (χ2v) is 4.72. The third-order valence-corrected chi connectivity index (χ3v) is 3.41. The highest BCUT2D eigenvalue weighted by Gasteiger charge is 2.38. The Balaban J connectivity index is 2.18. The first kappa shape index (κ1) is 13.2. The fourth-order valence-electron chi connectivity index (χ4n) is 2.26. The van der Waals surface area contributed by atoms with Gasteiger partial charge in [0.2, 0.25) is 0 Å². The van der Waals surface area contributed by atoms with Crippen LogP contribution in [0.4, 0.5) is 18.9 Å². The minimum absolute atomic E-state index is 0.253. The number of piperidine rings is 1. The van der Waals surface area contributed by atoms with E-state index in [1.165, 1.54) is 4.68 Å². The third kappa shape index (κ3) is 2.60. The van der Waals surface area contributed by atoms with E-state index in [1.807, 2.05) is 0 Å². The third-order valence-electron chi connectivity index (χ3n) is 3.41. The number of hydrogen-bond acceptors (Lipinski definition) is 3. The zero-order valence-electron chi connectivity index (χ0n) is 10.2. The molecule has 0 amide bonds. The van der Waals surface area contributed by atoms with Crippen LogP contribution in [0.2, 0.25) is 0 Å². The van der Waals surface area contributed by atoms with Crippen molar-refractivity contribution in [2.24, 2.45) is 5.92 Å². The summed E-state index contributed by atoms with van der Waals surface area (Å²) < 4.78 is 39.4. The lowest BCUT2D eigenvalue weighted by Crippen LogP contribution is -2.30. The number of rotatable bonds is 2. The number of nitrogen functional groups attached to an aromatic ring is 1. The number of anilines is 1. The summed E-state index contributed by atoms with van der Waals surface area (Å²) in [6.07, 6.45) is -2.56. The van der Waals surface area contributed by atoms with Crippen molar-refractivity contribution in [3.63, 3.8) is 0 Å². The van der Waals surface area contributed by atoms with Gasteiger partial charge in [-0.25, -0.2) is 0 Å². The summed E-state index contributed by atoms with van der Waals surface area (Å²) in [7, 11) is 0. The molecule has 0 saturated carbocycles.